The molecule has 0 N–H and O–H groups in total. The lowest BCUT2D eigenvalue weighted by molar-refractivity contribution is 0.183. The number of benzene rings is 2. The predicted molar refractivity (Wildman–Crippen MR) is 107 cm³/mol. The van der Waals surface area contributed by atoms with Gasteiger partial charge in [0.1, 0.15) is 0 Å². The van der Waals surface area contributed by atoms with Gasteiger partial charge in [0.15, 0.2) is 11.5 Å². The second-order valence-corrected chi connectivity index (χ2v) is 7.33. The maximum atomic E-state index is 5.59. The molecule has 2 aromatic carbocycles. The summed E-state index contributed by atoms with van der Waals surface area (Å²) in [6, 6.07) is 11.6. The number of methoxy groups -OCH3 is 2. The molecule has 1 aliphatic rings. The number of ether oxygens (including phenoxy) is 2. The van der Waals surface area contributed by atoms with Crippen molar-refractivity contribution in [3.8, 4) is 11.5 Å². The maximum absolute atomic E-state index is 5.59. The molecular formula is C23H31NO2. The van der Waals surface area contributed by atoms with E-state index in [-0.39, 0.29) is 0 Å². The Bertz CT molecular complexity index is 769. The molecule has 3 heteroatoms. The Labute approximate surface area is 157 Å². The molecule has 0 fully saturated rings. The molecule has 0 aliphatic carbocycles. The second kappa shape index (κ2) is 8.13. The van der Waals surface area contributed by atoms with Crippen LogP contribution in [0.1, 0.15) is 47.2 Å². The number of hydrogen-bond donors (Lipinski definition) is 0. The summed E-state index contributed by atoms with van der Waals surface area (Å²) in [6.45, 7) is 8.87. The Balaban J connectivity index is 2.00. The van der Waals surface area contributed by atoms with Crippen LogP contribution in [0.3, 0.4) is 0 Å². The summed E-state index contributed by atoms with van der Waals surface area (Å²) in [5.41, 5.74) is 6.91. The van der Waals surface area contributed by atoms with Gasteiger partial charge in [0.05, 0.1) is 14.2 Å². The van der Waals surface area contributed by atoms with Crippen molar-refractivity contribution in [2.24, 2.45) is 0 Å². The van der Waals surface area contributed by atoms with E-state index in [9.17, 15) is 0 Å². The number of fused-ring (bicyclic) bond motifs is 1. The number of aryl methyl sites for hydroxylation is 2. The fourth-order valence-corrected chi connectivity index (χ4v) is 4.03. The van der Waals surface area contributed by atoms with E-state index in [1.807, 2.05) is 0 Å². The van der Waals surface area contributed by atoms with Gasteiger partial charge in [-0.2, -0.15) is 0 Å². The molecule has 0 aromatic heterocycles. The zero-order valence-electron chi connectivity index (χ0n) is 16.8. The van der Waals surface area contributed by atoms with Crippen LogP contribution in [0.5, 0.6) is 11.5 Å². The largest absolute Gasteiger partial charge is 0.493 e. The van der Waals surface area contributed by atoms with Crippen LogP contribution in [-0.2, 0) is 12.8 Å². The maximum Gasteiger partial charge on any atom is 0.161 e. The summed E-state index contributed by atoms with van der Waals surface area (Å²) < 4.78 is 11.1. The van der Waals surface area contributed by atoms with E-state index in [1.54, 1.807) is 14.2 Å². The van der Waals surface area contributed by atoms with Crippen LogP contribution in [0.2, 0.25) is 0 Å². The normalized spacial score (nSPS) is 17.0. The zero-order valence-corrected chi connectivity index (χ0v) is 16.8. The summed E-state index contributed by atoms with van der Waals surface area (Å²) in [5, 5.41) is 0. The van der Waals surface area contributed by atoms with Crippen LogP contribution in [0.25, 0.3) is 0 Å². The van der Waals surface area contributed by atoms with Gasteiger partial charge >= 0.3 is 0 Å². The monoisotopic (exact) mass is 353 g/mol. The van der Waals surface area contributed by atoms with E-state index in [0.717, 1.165) is 37.4 Å². The molecule has 0 amide bonds. The Morgan fingerprint density at radius 3 is 2.38 bits per heavy atom. The lowest BCUT2D eigenvalue weighted by Crippen LogP contribution is -2.37. The summed E-state index contributed by atoms with van der Waals surface area (Å²) in [7, 11) is 3.43. The average molecular weight is 354 g/mol. The first kappa shape index (κ1) is 18.8. The van der Waals surface area contributed by atoms with Crippen molar-refractivity contribution < 1.29 is 9.47 Å². The molecule has 2 aromatic rings. The zero-order chi connectivity index (χ0) is 18.7. The van der Waals surface area contributed by atoms with Crippen LogP contribution < -0.4 is 9.47 Å². The van der Waals surface area contributed by atoms with Crippen LogP contribution in [0, 0.1) is 13.8 Å². The molecular weight excluding hydrogens is 322 g/mol. The molecule has 0 saturated heterocycles. The van der Waals surface area contributed by atoms with Crippen molar-refractivity contribution in [2.75, 3.05) is 27.3 Å². The molecule has 140 valence electrons. The lowest BCUT2D eigenvalue weighted by Gasteiger charge is -2.38. The third-order valence-corrected chi connectivity index (χ3v) is 5.62. The van der Waals surface area contributed by atoms with Crippen molar-refractivity contribution in [3.63, 3.8) is 0 Å². The summed E-state index contributed by atoms with van der Waals surface area (Å²) in [5.74, 6) is 1.66. The minimum absolute atomic E-state index is 0.389. The third kappa shape index (κ3) is 3.73. The van der Waals surface area contributed by atoms with E-state index in [2.05, 4.69) is 56.0 Å². The van der Waals surface area contributed by atoms with Gasteiger partial charge in [-0.05, 0) is 79.6 Å². The number of hydrogen-bond acceptors (Lipinski definition) is 3. The Morgan fingerprint density at radius 1 is 1.00 bits per heavy atom. The van der Waals surface area contributed by atoms with Gasteiger partial charge < -0.3 is 9.47 Å². The second-order valence-electron chi connectivity index (χ2n) is 7.33. The van der Waals surface area contributed by atoms with E-state index < -0.39 is 0 Å². The van der Waals surface area contributed by atoms with E-state index in [0.29, 0.717) is 6.04 Å². The number of rotatable bonds is 6. The van der Waals surface area contributed by atoms with Crippen molar-refractivity contribution >= 4 is 0 Å². The molecule has 1 atom stereocenters. The Hall–Kier alpha value is -2.00. The van der Waals surface area contributed by atoms with Gasteiger partial charge in [-0.15, -0.1) is 0 Å². The molecule has 1 heterocycles. The molecule has 1 unspecified atom stereocenters. The highest BCUT2D eigenvalue weighted by Gasteiger charge is 2.28. The van der Waals surface area contributed by atoms with Crippen molar-refractivity contribution in [3.05, 3.63) is 58.1 Å². The molecule has 3 nitrogen and oxygen atoms in total. The number of nitrogens with zero attached hydrogens (tertiary/aromatic N) is 1. The van der Waals surface area contributed by atoms with Crippen LogP contribution in [0.15, 0.2) is 30.3 Å². The van der Waals surface area contributed by atoms with Crippen LogP contribution >= 0.6 is 0 Å². The molecule has 0 saturated carbocycles. The smallest absolute Gasteiger partial charge is 0.161 e. The minimum atomic E-state index is 0.389. The SMILES string of the molecule is CCCN1CCc2cc(OC)c(OC)cc2C1Cc1ccc(C)c(C)c1. The molecule has 0 radical (unpaired) electrons. The molecule has 0 bridgehead atoms. The molecule has 3 rings (SSSR count). The quantitative estimate of drug-likeness (QED) is 0.739. The molecule has 0 spiro atoms. The van der Waals surface area contributed by atoms with Gasteiger partial charge in [-0.3, -0.25) is 4.90 Å². The van der Waals surface area contributed by atoms with Crippen LogP contribution in [0.4, 0.5) is 0 Å². The van der Waals surface area contributed by atoms with Crippen molar-refractivity contribution in [1.82, 2.24) is 4.90 Å². The van der Waals surface area contributed by atoms with Crippen LogP contribution in [-0.4, -0.2) is 32.2 Å². The first-order valence-electron chi connectivity index (χ1n) is 9.62. The predicted octanol–water partition coefficient (Wildman–Crippen LogP) is 4.87. The van der Waals surface area contributed by atoms with E-state index >= 15 is 0 Å². The van der Waals surface area contributed by atoms with Crippen molar-refractivity contribution in [2.45, 2.75) is 46.1 Å². The van der Waals surface area contributed by atoms with Crippen molar-refractivity contribution in [1.29, 1.82) is 0 Å². The molecule has 1 aliphatic heterocycles. The average Bonchev–Trinajstić information content (AvgIpc) is 2.65. The topological polar surface area (TPSA) is 21.7 Å². The summed E-state index contributed by atoms with van der Waals surface area (Å²) in [6.07, 6.45) is 3.27. The fourth-order valence-electron chi connectivity index (χ4n) is 4.03. The van der Waals surface area contributed by atoms with Gasteiger partial charge in [-0.1, -0.05) is 25.1 Å². The van der Waals surface area contributed by atoms with E-state index in [4.69, 9.17) is 9.47 Å². The van der Waals surface area contributed by atoms with Gasteiger partial charge in [0.2, 0.25) is 0 Å². The highest BCUT2D eigenvalue weighted by Crippen LogP contribution is 2.39. The van der Waals surface area contributed by atoms with Gasteiger partial charge in [0.25, 0.3) is 0 Å². The third-order valence-electron chi connectivity index (χ3n) is 5.62. The molecule has 26 heavy (non-hydrogen) atoms. The highest BCUT2D eigenvalue weighted by molar-refractivity contribution is 5.50. The summed E-state index contributed by atoms with van der Waals surface area (Å²) in [4.78, 5) is 2.63. The van der Waals surface area contributed by atoms with E-state index in [1.165, 1.54) is 34.2 Å². The Morgan fingerprint density at radius 2 is 1.73 bits per heavy atom. The van der Waals surface area contributed by atoms with Gasteiger partial charge in [-0.25, -0.2) is 0 Å². The first-order valence-corrected chi connectivity index (χ1v) is 9.62. The standard InChI is InChI=1S/C23H31NO2/c1-6-10-24-11-9-19-14-22(25-4)23(26-5)15-20(19)21(24)13-18-8-7-16(2)17(3)12-18/h7-8,12,14-15,21H,6,9-11,13H2,1-5H3. The van der Waals surface area contributed by atoms with Gasteiger partial charge in [0, 0.05) is 12.6 Å². The summed E-state index contributed by atoms with van der Waals surface area (Å²) >= 11 is 0. The fraction of sp³-hybridized carbons (Fsp3) is 0.478. The highest BCUT2D eigenvalue weighted by atomic mass is 16.5. The Kier molecular flexibility index (Phi) is 5.87. The lowest BCUT2D eigenvalue weighted by atomic mass is 9.87. The first-order chi connectivity index (χ1) is 12.6. The minimum Gasteiger partial charge on any atom is -0.493 e.